The number of hydrogen-bond acceptors (Lipinski definition) is 4. The van der Waals surface area contributed by atoms with Gasteiger partial charge in [-0.1, -0.05) is 42.5 Å². The van der Waals surface area contributed by atoms with Gasteiger partial charge in [-0.05, 0) is 65.7 Å². The van der Waals surface area contributed by atoms with Crippen molar-refractivity contribution in [1.29, 1.82) is 5.26 Å². The van der Waals surface area contributed by atoms with Crippen LogP contribution in [0.4, 0.5) is 11.4 Å². The molecule has 0 fully saturated rings. The van der Waals surface area contributed by atoms with Crippen molar-refractivity contribution >= 4 is 34.0 Å². The van der Waals surface area contributed by atoms with Crippen molar-refractivity contribution in [2.24, 2.45) is 0 Å². The summed E-state index contributed by atoms with van der Waals surface area (Å²) in [6, 6.07) is 27.2. The molecule has 33 heavy (non-hydrogen) atoms. The lowest BCUT2D eigenvalue weighted by Gasteiger charge is -2.14. The first-order valence-electron chi connectivity index (χ1n) is 10.4. The van der Waals surface area contributed by atoms with Gasteiger partial charge in [0.15, 0.2) is 6.61 Å². The number of para-hydroxylation sites is 1. The maximum atomic E-state index is 13.1. The van der Waals surface area contributed by atoms with Gasteiger partial charge in [-0.15, -0.1) is 0 Å². The number of nitrogens with zero attached hydrogens (tertiary/aromatic N) is 1. The lowest BCUT2D eigenvalue weighted by molar-refractivity contribution is -0.118. The number of amides is 2. The predicted octanol–water partition coefficient (Wildman–Crippen LogP) is 5.29. The number of nitrogens with one attached hydrogen (secondary N) is 2. The van der Waals surface area contributed by atoms with Crippen LogP contribution in [0.5, 0.6) is 5.75 Å². The molecule has 0 saturated heterocycles. The summed E-state index contributed by atoms with van der Waals surface area (Å²) in [5.74, 6) is -0.384. The molecule has 0 aliphatic carbocycles. The van der Waals surface area contributed by atoms with Crippen molar-refractivity contribution in [2.45, 2.75) is 6.92 Å². The number of carbonyl (C=O) groups is 2. The molecule has 0 heterocycles. The summed E-state index contributed by atoms with van der Waals surface area (Å²) in [5, 5.41) is 16.3. The highest BCUT2D eigenvalue weighted by atomic mass is 16.5. The highest BCUT2D eigenvalue weighted by Crippen LogP contribution is 2.27. The third-order valence-corrected chi connectivity index (χ3v) is 5.14. The number of ether oxygens (including phenoxy) is 1. The van der Waals surface area contributed by atoms with Crippen LogP contribution in [-0.2, 0) is 4.79 Å². The maximum absolute atomic E-state index is 13.1. The fraction of sp³-hybridized carbons (Fsp3) is 0.0741. The SMILES string of the molecule is Cc1ccccc1NC(=O)c1cc2ccccc2cc1OCC(=O)Nc1ccc(C#N)cc1. The van der Waals surface area contributed by atoms with Crippen molar-refractivity contribution in [3.05, 3.63) is 102 Å². The van der Waals surface area contributed by atoms with Crippen LogP contribution < -0.4 is 15.4 Å². The van der Waals surface area contributed by atoms with E-state index in [-0.39, 0.29) is 18.4 Å². The van der Waals surface area contributed by atoms with Gasteiger partial charge in [0.1, 0.15) is 5.75 Å². The van der Waals surface area contributed by atoms with Gasteiger partial charge in [0.2, 0.25) is 0 Å². The van der Waals surface area contributed by atoms with Crippen molar-refractivity contribution in [3.63, 3.8) is 0 Å². The van der Waals surface area contributed by atoms with Crippen LogP contribution in [0.1, 0.15) is 21.5 Å². The lowest BCUT2D eigenvalue weighted by atomic mass is 10.0. The smallest absolute Gasteiger partial charge is 0.262 e. The molecular formula is C27H21N3O3. The number of benzene rings is 4. The Morgan fingerprint density at radius 3 is 2.24 bits per heavy atom. The molecule has 0 unspecified atom stereocenters. The van der Waals surface area contributed by atoms with E-state index in [4.69, 9.17) is 10.00 Å². The van der Waals surface area contributed by atoms with Crippen LogP contribution in [0.2, 0.25) is 0 Å². The van der Waals surface area contributed by atoms with Gasteiger partial charge < -0.3 is 15.4 Å². The van der Waals surface area contributed by atoms with Gasteiger partial charge in [0.05, 0.1) is 17.2 Å². The Morgan fingerprint density at radius 1 is 0.879 bits per heavy atom. The fourth-order valence-corrected chi connectivity index (χ4v) is 3.39. The van der Waals surface area contributed by atoms with Crippen LogP contribution in [-0.4, -0.2) is 18.4 Å². The monoisotopic (exact) mass is 435 g/mol. The molecule has 0 spiro atoms. The summed E-state index contributed by atoms with van der Waals surface area (Å²) in [4.78, 5) is 25.5. The lowest BCUT2D eigenvalue weighted by Crippen LogP contribution is -2.21. The summed E-state index contributed by atoms with van der Waals surface area (Å²) in [6.07, 6.45) is 0. The average molecular weight is 435 g/mol. The number of carbonyl (C=O) groups excluding carboxylic acids is 2. The Balaban J connectivity index is 1.55. The number of aryl methyl sites for hydroxylation is 1. The van der Waals surface area contributed by atoms with Gasteiger partial charge >= 0.3 is 0 Å². The molecule has 0 aromatic heterocycles. The first-order valence-corrected chi connectivity index (χ1v) is 10.4. The molecule has 6 nitrogen and oxygen atoms in total. The van der Waals surface area contributed by atoms with E-state index in [2.05, 4.69) is 10.6 Å². The fourth-order valence-electron chi connectivity index (χ4n) is 3.39. The molecular weight excluding hydrogens is 414 g/mol. The van der Waals surface area contributed by atoms with Crippen molar-refractivity contribution in [3.8, 4) is 11.8 Å². The minimum absolute atomic E-state index is 0.275. The molecule has 0 radical (unpaired) electrons. The first kappa shape index (κ1) is 21.6. The molecule has 0 bridgehead atoms. The van der Waals surface area contributed by atoms with E-state index in [1.165, 1.54) is 0 Å². The zero-order chi connectivity index (χ0) is 23.2. The average Bonchev–Trinajstić information content (AvgIpc) is 2.84. The van der Waals surface area contributed by atoms with E-state index in [0.717, 1.165) is 16.3 Å². The maximum Gasteiger partial charge on any atom is 0.262 e. The topological polar surface area (TPSA) is 91.2 Å². The molecule has 4 aromatic rings. The van der Waals surface area contributed by atoms with Gasteiger partial charge in [0.25, 0.3) is 11.8 Å². The highest BCUT2D eigenvalue weighted by molar-refractivity contribution is 6.09. The predicted molar refractivity (Wildman–Crippen MR) is 128 cm³/mol. The van der Waals surface area contributed by atoms with Gasteiger partial charge in [-0.25, -0.2) is 0 Å². The van der Waals surface area contributed by atoms with Crippen LogP contribution in [0.25, 0.3) is 10.8 Å². The van der Waals surface area contributed by atoms with Crippen LogP contribution in [0, 0.1) is 18.3 Å². The Kier molecular flexibility index (Phi) is 6.33. The standard InChI is InChI=1S/C27H21N3O3/c1-18-6-2-5-9-24(18)30-27(32)23-14-20-7-3-4-8-21(20)15-25(23)33-17-26(31)29-22-12-10-19(16-28)11-13-22/h2-15H,17H2,1H3,(H,29,31)(H,30,32). The minimum atomic E-state index is -0.377. The Bertz CT molecular complexity index is 1370. The number of rotatable bonds is 6. The Labute approximate surface area is 191 Å². The van der Waals surface area contributed by atoms with Crippen LogP contribution >= 0.6 is 0 Å². The summed E-state index contributed by atoms with van der Waals surface area (Å²) in [5.41, 5.74) is 3.04. The molecule has 4 aromatic carbocycles. The van der Waals surface area contributed by atoms with E-state index >= 15 is 0 Å². The first-order chi connectivity index (χ1) is 16.0. The third-order valence-electron chi connectivity index (χ3n) is 5.14. The molecule has 0 aliphatic heterocycles. The Hall–Kier alpha value is -4.63. The summed E-state index contributed by atoms with van der Waals surface area (Å²) >= 11 is 0. The summed E-state index contributed by atoms with van der Waals surface area (Å²) in [7, 11) is 0. The second-order valence-corrected chi connectivity index (χ2v) is 7.49. The molecule has 6 heteroatoms. The van der Waals surface area contributed by atoms with Crippen LogP contribution in [0.3, 0.4) is 0 Å². The summed E-state index contributed by atoms with van der Waals surface area (Å²) in [6.45, 7) is 1.64. The van der Waals surface area contributed by atoms with E-state index in [9.17, 15) is 9.59 Å². The van der Waals surface area contributed by atoms with E-state index in [0.29, 0.717) is 28.3 Å². The zero-order valence-corrected chi connectivity index (χ0v) is 18.0. The second kappa shape index (κ2) is 9.67. The number of fused-ring (bicyclic) bond motifs is 1. The largest absolute Gasteiger partial charge is 0.483 e. The Morgan fingerprint density at radius 2 is 1.55 bits per heavy atom. The van der Waals surface area contributed by atoms with E-state index < -0.39 is 0 Å². The van der Waals surface area contributed by atoms with Gasteiger partial charge in [0, 0.05) is 11.4 Å². The quantitative estimate of drug-likeness (QED) is 0.430. The molecule has 2 N–H and O–H groups in total. The van der Waals surface area contributed by atoms with Gasteiger partial charge in [-0.2, -0.15) is 5.26 Å². The second-order valence-electron chi connectivity index (χ2n) is 7.49. The summed E-state index contributed by atoms with van der Waals surface area (Å²) < 4.78 is 5.79. The van der Waals surface area contributed by atoms with Crippen molar-refractivity contribution < 1.29 is 14.3 Å². The molecule has 162 valence electrons. The number of anilines is 2. The normalized spacial score (nSPS) is 10.3. The molecule has 0 aliphatic rings. The van der Waals surface area contributed by atoms with Crippen molar-refractivity contribution in [2.75, 3.05) is 17.2 Å². The third kappa shape index (κ3) is 5.17. The number of hydrogen-bond donors (Lipinski definition) is 2. The minimum Gasteiger partial charge on any atom is -0.483 e. The van der Waals surface area contributed by atoms with Gasteiger partial charge in [-0.3, -0.25) is 9.59 Å². The van der Waals surface area contributed by atoms with Crippen LogP contribution in [0.15, 0.2) is 84.9 Å². The van der Waals surface area contributed by atoms with Crippen molar-refractivity contribution in [1.82, 2.24) is 0 Å². The van der Waals surface area contributed by atoms with E-state index in [1.807, 2.05) is 61.5 Å². The molecule has 0 atom stereocenters. The highest BCUT2D eigenvalue weighted by Gasteiger charge is 2.16. The molecule has 2 amide bonds. The zero-order valence-electron chi connectivity index (χ0n) is 18.0. The molecule has 0 saturated carbocycles. The van der Waals surface area contributed by atoms with E-state index in [1.54, 1.807) is 36.4 Å². The number of nitriles is 1. The molecule has 4 rings (SSSR count).